The van der Waals surface area contributed by atoms with Crippen LogP contribution < -0.4 is 4.57 Å². The average molecular weight is 391 g/mol. The Kier molecular flexibility index (Phi) is 5.53. The van der Waals surface area contributed by atoms with E-state index < -0.39 is 0 Å². The lowest BCUT2D eigenvalue weighted by atomic mass is 9.81. The molecule has 3 aliphatic carbocycles. The Labute approximate surface area is 172 Å². The van der Waals surface area contributed by atoms with Crippen molar-refractivity contribution < 1.29 is 13.8 Å². The van der Waals surface area contributed by atoms with E-state index in [0.29, 0.717) is 17.8 Å². The molecule has 1 aromatic rings. The quantitative estimate of drug-likeness (QED) is 0.672. The van der Waals surface area contributed by atoms with Crippen molar-refractivity contribution in [2.75, 3.05) is 0 Å². The summed E-state index contributed by atoms with van der Waals surface area (Å²) in [5.74, 6) is 2.27. The van der Waals surface area contributed by atoms with Gasteiger partial charge in [0.15, 0.2) is 5.16 Å². The van der Waals surface area contributed by atoms with Gasteiger partial charge in [-0.25, -0.2) is 4.52 Å². The van der Waals surface area contributed by atoms with Crippen molar-refractivity contribution in [1.82, 2.24) is 5.16 Å². The van der Waals surface area contributed by atoms with Crippen LogP contribution in [-0.4, -0.2) is 11.3 Å². The zero-order chi connectivity index (χ0) is 20.4. The third-order valence-corrected chi connectivity index (χ3v) is 5.76. The van der Waals surface area contributed by atoms with E-state index in [-0.39, 0.29) is 6.10 Å². The van der Waals surface area contributed by atoms with E-state index in [1.165, 1.54) is 36.0 Å². The van der Waals surface area contributed by atoms with Crippen LogP contribution in [0.3, 0.4) is 0 Å². The number of hydrogen-bond acceptors (Lipinski definition) is 4. The monoisotopic (exact) mass is 390 g/mol. The fraction of sp³-hybridized carbons (Fsp3) is 0.458. The number of rotatable bonds is 4. The first-order valence-electron chi connectivity index (χ1n) is 10.5. The third-order valence-electron chi connectivity index (χ3n) is 5.76. The number of aromatic nitrogens is 2. The van der Waals surface area contributed by atoms with E-state index in [0.717, 1.165) is 36.6 Å². The maximum absolute atomic E-state index is 9.48. The predicted octanol–water partition coefficient (Wildman–Crippen LogP) is 5.09. The van der Waals surface area contributed by atoms with Crippen LogP contribution in [0, 0.1) is 11.3 Å². The van der Waals surface area contributed by atoms with Crippen LogP contribution in [0.2, 0.25) is 0 Å². The van der Waals surface area contributed by atoms with Crippen molar-refractivity contribution in [3.05, 3.63) is 58.5 Å². The number of ether oxygens (including phenoxy) is 1. The fourth-order valence-corrected chi connectivity index (χ4v) is 4.39. The Hall–Kier alpha value is -2.87. The van der Waals surface area contributed by atoms with Gasteiger partial charge in [0.05, 0.1) is 24.3 Å². The van der Waals surface area contributed by atoms with Gasteiger partial charge in [0.25, 0.3) is 0 Å². The van der Waals surface area contributed by atoms with Crippen LogP contribution in [0.15, 0.2) is 51.3 Å². The molecule has 0 spiro atoms. The summed E-state index contributed by atoms with van der Waals surface area (Å²) in [6, 6.07) is 2.24. The maximum Gasteiger partial charge on any atom is 0.376 e. The molecule has 0 saturated heterocycles. The normalized spacial score (nSPS) is 19.6. The minimum Gasteiger partial charge on any atom is -0.490 e. The molecule has 0 radical (unpaired) electrons. The standard InChI is InChI=1S/C24H28N3O2/c1-16(2)28-22-14-13-18(11-12-19(22)15-25)24-27(3)23(26-29-24)21-10-6-8-17-7-4-5-9-20(17)21/h8,12-14,16H,4-7,9-11H2,1-3H3/q+1. The summed E-state index contributed by atoms with van der Waals surface area (Å²) in [6.07, 6.45) is 15.7. The van der Waals surface area contributed by atoms with Crippen LogP contribution in [0.25, 0.3) is 11.1 Å². The summed E-state index contributed by atoms with van der Waals surface area (Å²) in [4.78, 5) is 0. The lowest BCUT2D eigenvalue weighted by Crippen LogP contribution is -2.35. The largest absolute Gasteiger partial charge is 0.490 e. The number of hydrogen-bond donors (Lipinski definition) is 0. The number of nitriles is 1. The molecule has 0 bridgehead atoms. The minimum atomic E-state index is 0.0124. The van der Waals surface area contributed by atoms with Gasteiger partial charge in [0.1, 0.15) is 11.8 Å². The van der Waals surface area contributed by atoms with E-state index in [9.17, 15) is 5.26 Å². The van der Waals surface area contributed by atoms with Gasteiger partial charge >= 0.3 is 11.7 Å². The molecular formula is C24H28N3O2+. The minimum absolute atomic E-state index is 0.0124. The van der Waals surface area contributed by atoms with E-state index in [2.05, 4.69) is 21.9 Å². The molecule has 0 atom stereocenters. The topological polar surface area (TPSA) is 62.9 Å². The molecule has 0 aromatic carbocycles. The fourth-order valence-electron chi connectivity index (χ4n) is 4.39. The average Bonchev–Trinajstić information content (AvgIpc) is 2.98. The molecule has 29 heavy (non-hydrogen) atoms. The Morgan fingerprint density at radius 3 is 2.72 bits per heavy atom. The van der Waals surface area contributed by atoms with Crippen molar-refractivity contribution in [3.63, 3.8) is 0 Å². The van der Waals surface area contributed by atoms with Crippen LogP contribution in [0.4, 0.5) is 0 Å². The second kappa shape index (κ2) is 8.24. The highest BCUT2D eigenvalue weighted by Gasteiger charge is 2.32. The zero-order valence-corrected chi connectivity index (χ0v) is 17.5. The highest BCUT2D eigenvalue weighted by molar-refractivity contribution is 5.70. The molecular weight excluding hydrogens is 362 g/mol. The van der Waals surface area contributed by atoms with Gasteiger partial charge in [0, 0.05) is 5.57 Å². The van der Waals surface area contributed by atoms with Crippen LogP contribution in [-0.2, 0) is 11.8 Å². The summed E-state index contributed by atoms with van der Waals surface area (Å²) in [7, 11) is 2.02. The van der Waals surface area contributed by atoms with Crippen LogP contribution in [0.5, 0.6) is 0 Å². The molecule has 1 aromatic heterocycles. The summed E-state index contributed by atoms with van der Waals surface area (Å²) < 4.78 is 13.7. The maximum atomic E-state index is 9.48. The van der Waals surface area contributed by atoms with Gasteiger partial charge in [-0.15, -0.1) is 0 Å². The van der Waals surface area contributed by atoms with Gasteiger partial charge in [-0.3, -0.25) is 0 Å². The van der Waals surface area contributed by atoms with E-state index in [4.69, 9.17) is 9.26 Å². The molecule has 5 nitrogen and oxygen atoms in total. The predicted molar refractivity (Wildman–Crippen MR) is 111 cm³/mol. The zero-order valence-electron chi connectivity index (χ0n) is 17.5. The van der Waals surface area contributed by atoms with Gasteiger partial charge in [-0.05, 0) is 82.1 Å². The van der Waals surface area contributed by atoms with Crippen molar-refractivity contribution in [2.45, 2.75) is 64.9 Å². The Morgan fingerprint density at radius 1 is 1.10 bits per heavy atom. The lowest BCUT2D eigenvalue weighted by molar-refractivity contribution is -0.680. The molecule has 0 N–H and O–H groups in total. The smallest absolute Gasteiger partial charge is 0.376 e. The third kappa shape index (κ3) is 3.85. The van der Waals surface area contributed by atoms with Gasteiger partial charge in [-0.2, -0.15) is 9.83 Å². The summed E-state index contributed by atoms with van der Waals surface area (Å²) in [5, 5.41) is 13.9. The molecule has 1 heterocycles. The molecule has 1 fully saturated rings. The SMILES string of the molecule is CC(C)OC1=CC=C(c2onc(C3=C4CCCCC4=CCC3)[n+]2C)CC=C1C#N. The molecule has 1 saturated carbocycles. The Bertz CT molecular complexity index is 1010. The Morgan fingerprint density at radius 2 is 1.93 bits per heavy atom. The summed E-state index contributed by atoms with van der Waals surface area (Å²) >= 11 is 0. The number of fused-ring (bicyclic) bond motifs is 1. The number of nitrogens with zero attached hydrogens (tertiary/aromatic N) is 3. The lowest BCUT2D eigenvalue weighted by Gasteiger charge is -2.23. The number of allylic oxidation sites excluding steroid dienone is 9. The molecule has 3 aliphatic rings. The van der Waals surface area contributed by atoms with Crippen molar-refractivity contribution >= 4 is 11.1 Å². The van der Waals surface area contributed by atoms with Gasteiger partial charge < -0.3 is 4.74 Å². The molecule has 0 amide bonds. The molecule has 0 aliphatic heterocycles. The van der Waals surface area contributed by atoms with E-state index >= 15 is 0 Å². The Balaban J connectivity index is 1.69. The second-order valence-corrected chi connectivity index (χ2v) is 8.13. The van der Waals surface area contributed by atoms with E-state index in [1.54, 1.807) is 0 Å². The highest BCUT2D eigenvalue weighted by Crippen LogP contribution is 2.39. The highest BCUT2D eigenvalue weighted by atomic mass is 16.5. The van der Waals surface area contributed by atoms with Crippen molar-refractivity contribution in [1.29, 1.82) is 5.26 Å². The van der Waals surface area contributed by atoms with Gasteiger partial charge in [-0.1, -0.05) is 12.2 Å². The van der Waals surface area contributed by atoms with E-state index in [1.807, 2.05) is 39.1 Å². The first-order valence-corrected chi connectivity index (χ1v) is 10.5. The van der Waals surface area contributed by atoms with Crippen molar-refractivity contribution in [3.8, 4) is 6.07 Å². The summed E-state index contributed by atoms with van der Waals surface area (Å²) in [5.41, 5.74) is 5.87. The summed E-state index contributed by atoms with van der Waals surface area (Å²) in [6.45, 7) is 3.92. The molecule has 4 rings (SSSR count). The molecule has 150 valence electrons. The molecule has 0 unspecified atom stereocenters. The van der Waals surface area contributed by atoms with Crippen LogP contribution >= 0.6 is 0 Å². The molecule has 5 heteroatoms. The first kappa shape index (κ1) is 19.4. The second-order valence-electron chi connectivity index (χ2n) is 8.13. The van der Waals surface area contributed by atoms with Crippen molar-refractivity contribution in [2.24, 2.45) is 7.05 Å². The van der Waals surface area contributed by atoms with Crippen LogP contribution in [0.1, 0.15) is 70.5 Å². The van der Waals surface area contributed by atoms with Gasteiger partial charge in [0.2, 0.25) is 0 Å². The first-order chi connectivity index (χ1) is 14.1.